The van der Waals surface area contributed by atoms with E-state index in [1.165, 1.54) is 5.56 Å². The Bertz CT molecular complexity index is 811. The minimum Gasteiger partial charge on any atom is -0.383 e. The van der Waals surface area contributed by atoms with Crippen LogP contribution in [-0.4, -0.2) is 31.3 Å². The van der Waals surface area contributed by atoms with Crippen LogP contribution in [0.4, 0.5) is 11.8 Å². The second kappa shape index (κ2) is 4.94. The highest BCUT2D eigenvalue weighted by Gasteiger charge is 2.29. The monoisotopic (exact) mass is 295 g/mol. The standard InChI is InChI=1S/C15H17N7/c1-21-14-11(9-18-21)13(16)19-15(20-14)22-7-3-5-12(22)10-4-2-6-17-8-10/h2,4,6,8-9,12H,3,5,7H2,1H3,(H2,16,19,20). The fourth-order valence-electron chi connectivity index (χ4n) is 3.09. The predicted molar refractivity (Wildman–Crippen MR) is 84.3 cm³/mol. The molecule has 0 aromatic carbocycles. The molecule has 3 aromatic rings. The van der Waals surface area contributed by atoms with Crippen LogP contribution in [-0.2, 0) is 7.05 Å². The lowest BCUT2D eigenvalue weighted by Gasteiger charge is -2.25. The van der Waals surface area contributed by atoms with Gasteiger partial charge in [0.05, 0.1) is 17.6 Å². The molecule has 0 aliphatic carbocycles. The van der Waals surface area contributed by atoms with Gasteiger partial charge in [0.1, 0.15) is 5.82 Å². The van der Waals surface area contributed by atoms with Gasteiger partial charge in [-0.25, -0.2) is 0 Å². The van der Waals surface area contributed by atoms with Crippen LogP contribution in [0.15, 0.2) is 30.7 Å². The van der Waals surface area contributed by atoms with E-state index in [0.717, 1.165) is 30.4 Å². The molecule has 1 unspecified atom stereocenters. The fourth-order valence-corrected chi connectivity index (χ4v) is 3.09. The van der Waals surface area contributed by atoms with Gasteiger partial charge in [0.2, 0.25) is 5.95 Å². The molecule has 1 saturated heterocycles. The number of aryl methyl sites for hydroxylation is 1. The van der Waals surface area contributed by atoms with Crippen molar-refractivity contribution >= 4 is 22.8 Å². The van der Waals surface area contributed by atoms with Crippen molar-refractivity contribution in [1.29, 1.82) is 0 Å². The zero-order valence-electron chi connectivity index (χ0n) is 12.3. The summed E-state index contributed by atoms with van der Waals surface area (Å²) < 4.78 is 1.73. The summed E-state index contributed by atoms with van der Waals surface area (Å²) in [5.74, 6) is 1.14. The quantitative estimate of drug-likeness (QED) is 0.774. The highest BCUT2D eigenvalue weighted by molar-refractivity contribution is 5.86. The third-order valence-corrected chi connectivity index (χ3v) is 4.19. The Morgan fingerprint density at radius 3 is 3.00 bits per heavy atom. The van der Waals surface area contributed by atoms with Crippen molar-refractivity contribution in [3.8, 4) is 0 Å². The first kappa shape index (κ1) is 13.0. The number of nitrogens with two attached hydrogens (primary N) is 1. The van der Waals surface area contributed by atoms with Crippen molar-refractivity contribution in [1.82, 2.24) is 24.7 Å². The number of hydrogen-bond donors (Lipinski definition) is 1. The van der Waals surface area contributed by atoms with Gasteiger partial charge in [-0.05, 0) is 24.5 Å². The van der Waals surface area contributed by atoms with Gasteiger partial charge in [-0.15, -0.1) is 0 Å². The molecule has 7 heteroatoms. The Morgan fingerprint density at radius 2 is 2.18 bits per heavy atom. The second-order valence-corrected chi connectivity index (χ2v) is 5.55. The van der Waals surface area contributed by atoms with Crippen molar-refractivity contribution in [3.05, 3.63) is 36.3 Å². The number of rotatable bonds is 2. The maximum atomic E-state index is 6.08. The van der Waals surface area contributed by atoms with E-state index in [-0.39, 0.29) is 6.04 Å². The average molecular weight is 295 g/mol. The first-order valence-corrected chi connectivity index (χ1v) is 7.36. The molecule has 0 bridgehead atoms. The molecule has 0 spiro atoms. The molecule has 0 radical (unpaired) electrons. The molecule has 4 rings (SSSR count). The summed E-state index contributed by atoms with van der Waals surface area (Å²) in [7, 11) is 1.86. The largest absolute Gasteiger partial charge is 0.383 e. The summed E-state index contributed by atoms with van der Waals surface area (Å²) in [6.45, 7) is 0.919. The van der Waals surface area contributed by atoms with E-state index in [0.29, 0.717) is 11.8 Å². The lowest BCUT2D eigenvalue weighted by Crippen LogP contribution is -2.25. The van der Waals surface area contributed by atoms with Gasteiger partial charge in [-0.3, -0.25) is 9.67 Å². The van der Waals surface area contributed by atoms with E-state index < -0.39 is 0 Å². The molecule has 1 atom stereocenters. The van der Waals surface area contributed by atoms with Crippen molar-refractivity contribution in [2.24, 2.45) is 7.05 Å². The van der Waals surface area contributed by atoms with Crippen LogP contribution in [0.1, 0.15) is 24.4 Å². The normalized spacial score (nSPS) is 18.2. The summed E-state index contributed by atoms with van der Waals surface area (Å²) in [5.41, 5.74) is 8.03. The van der Waals surface area contributed by atoms with Crippen LogP contribution in [0.5, 0.6) is 0 Å². The van der Waals surface area contributed by atoms with Crippen LogP contribution in [0.2, 0.25) is 0 Å². The first-order chi connectivity index (χ1) is 10.7. The second-order valence-electron chi connectivity index (χ2n) is 5.55. The molecule has 22 heavy (non-hydrogen) atoms. The SMILES string of the molecule is Cn1ncc2c(N)nc(N3CCCC3c3cccnc3)nc21. The number of nitrogen functional groups attached to an aromatic ring is 1. The number of nitrogens with zero attached hydrogens (tertiary/aromatic N) is 6. The maximum absolute atomic E-state index is 6.08. The van der Waals surface area contributed by atoms with E-state index in [2.05, 4.69) is 31.0 Å². The zero-order valence-corrected chi connectivity index (χ0v) is 12.3. The average Bonchev–Trinajstić information content (AvgIpc) is 3.16. The molecule has 0 saturated carbocycles. The van der Waals surface area contributed by atoms with E-state index in [1.54, 1.807) is 17.1 Å². The lowest BCUT2D eigenvalue weighted by atomic mass is 10.1. The van der Waals surface area contributed by atoms with Crippen LogP contribution in [0, 0.1) is 0 Å². The van der Waals surface area contributed by atoms with Gasteiger partial charge in [0.25, 0.3) is 0 Å². The predicted octanol–water partition coefficient (Wildman–Crippen LogP) is 1.68. The van der Waals surface area contributed by atoms with E-state index in [9.17, 15) is 0 Å². The maximum Gasteiger partial charge on any atom is 0.229 e. The molecule has 1 fully saturated rings. The number of fused-ring (bicyclic) bond motifs is 1. The number of hydrogen-bond acceptors (Lipinski definition) is 6. The molecular weight excluding hydrogens is 278 g/mol. The Kier molecular flexibility index (Phi) is 2.92. The molecule has 0 amide bonds. The van der Waals surface area contributed by atoms with E-state index in [1.807, 2.05) is 19.3 Å². The molecule has 4 heterocycles. The summed E-state index contributed by atoms with van der Waals surface area (Å²) in [5, 5.41) is 5.00. The van der Waals surface area contributed by atoms with Gasteiger partial charge in [0.15, 0.2) is 5.65 Å². The molecule has 7 nitrogen and oxygen atoms in total. The van der Waals surface area contributed by atoms with Crippen LogP contribution in [0.25, 0.3) is 11.0 Å². The molecule has 3 aromatic heterocycles. The highest BCUT2D eigenvalue weighted by atomic mass is 15.3. The minimum atomic E-state index is 0.249. The molecule has 1 aliphatic rings. The van der Waals surface area contributed by atoms with Crippen molar-refractivity contribution in [2.45, 2.75) is 18.9 Å². The third-order valence-electron chi connectivity index (χ3n) is 4.19. The fraction of sp³-hybridized carbons (Fsp3) is 0.333. The van der Waals surface area contributed by atoms with E-state index in [4.69, 9.17) is 5.73 Å². The summed E-state index contributed by atoms with van der Waals surface area (Å²) in [6.07, 6.45) is 7.58. The topological polar surface area (TPSA) is 85.8 Å². The van der Waals surface area contributed by atoms with Crippen LogP contribution < -0.4 is 10.6 Å². The van der Waals surface area contributed by atoms with Crippen LogP contribution in [0.3, 0.4) is 0 Å². The van der Waals surface area contributed by atoms with Crippen molar-refractivity contribution in [3.63, 3.8) is 0 Å². The smallest absolute Gasteiger partial charge is 0.229 e. The van der Waals surface area contributed by atoms with Gasteiger partial charge in [-0.2, -0.15) is 15.1 Å². The van der Waals surface area contributed by atoms with Gasteiger partial charge in [0, 0.05) is 26.0 Å². The Morgan fingerprint density at radius 1 is 1.27 bits per heavy atom. The third kappa shape index (κ3) is 1.97. The first-order valence-electron chi connectivity index (χ1n) is 7.36. The zero-order chi connectivity index (χ0) is 15.1. The molecule has 1 aliphatic heterocycles. The Balaban J connectivity index is 1.79. The summed E-state index contributed by atoms with van der Waals surface area (Å²) in [6, 6.07) is 4.31. The Hall–Kier alpha value is -2.70. The number of anilines is 2. The highest BCUT2D eigenvalue weighted by Crippen LogP contribution is 2.35. The number of pyridine rings is 1. The lowest BCUT2D eigenvalue weighted by molar-refractivity contribution is 0.698. The van der Waals surface area contributed by atoms with Gasteiger partial charge < -0.3 is 10.6 Å². The molecular formula is C15H17N7. The van der Waals surface area contributed by atoms with Crippen LogP contribution >= 0.6 is 0 Å². The van der Waals surface area contributed by atoms with Crippen molar-refractivity contribution < 1.29 is 0 Å². The minimum absolute atomic E-state index is 0.249. The summed E-state index contributed by atoms with van der Waals surface area (Å²) in [4.78, 5) is 15.6. The molecule has 112 valence electrons. The van der Waals surface area contributed by atoms with Gasteiger partial charge >= 0.3 is 0 Å². The summed E-state index contributed by atoms with van der Waals surface area (Å²) >= 11 is 0. The number of aromatic nitrogens is 5. The molecule has 2 N–H and O–H groups in total. The van der Waals surface area contributed by atoms with E-state index >= 15 is 0 Å². The van der Waals surface area contributed by atoms with Crippen molar-refractivity contribution in [2.75, 3.05) is 17.2 Å². The van der Waals surface area contributed by atoms with Gasteiger partial charge in [-0.1, -0.05) is 6.07 Å². The Labute approximate surface area is 127 Å².